The highest BCUT2D eigenvalue weighted by molar-refractivity contribution is 7.99. The molecule has 76 heavy (non-hydrogen) atoms. The molecule has 8 rings (SSSR count). The van der Waals surface area contributed by atoms with Crippen LogP contribution < -0.4 is 0 Å². The van der Waals surface area contributed by atoms with Gasteiger partial charge in [-0.1, -0.05) is 183 Å². The summed E-state index contributed by atoms with van der Waals surface area (Å²) >= 11 is 1.59. The number of esters is 1. The molecule has 15 heteroatoms. The van der Waals surface area contributed by atoms with Gasteiger partial charge in [0.25, 0.3) is 0 Å². The van der Waals surface area contributed by atoms with Gasteiger partial charge in [-0.3, -0.25) is 4.79 Å². The van der Waals surface area contributed by atoms with E-state index in [0.29, 0.717) is 5.75 Å². The van der Waals surface area contributed by atoms with Crippen molar-refractivity contribution < 1.29 is 66.4 Å². The summed E-state index contributed by atoms with van der Waals surface area (Å²) < 4.78 is 79.4. The number of rotatable bonds is 27. The lowest BCUT2D eigenvalue weighted by atomic mass is 9.95. The molecule has 11 atom stereocenters. The minimum atomic E-state index is -1.43. The Morgan fingerprint density at radius 1 is 0.553 bits per heavy atom. The molecule has 0 amide bonds. The van der Waals surface area contributed by atoms with Crippen LogP contribution in [0.5, 0.6) is 0 Å². The van der Waals surface area contributed by atoms with Crippen molar-refractivity contribution in [3.63, 3.8) is 0 Å². The Morgan fingerprint density at radius 3 is 1.58 bits per heavy atom. The first kappa shape index (κ1) is 56.0. The molecule has 6 aromatic rings. The highest BCUT2D eigenvalue weighted by Crippen LogP contribution is 2.39. The topological polar surface area (TPSA) is 145 Å². The van der Waals surface area contributed by atoms with Crippen LogP contribution in [0.2, 0.25) is 0 Å². The first-order chi connectivity index (χ1) is 37.3. The van der Waals surface area contributed by atoms with Crippen molar-refractivity contribution in [1.82, 2.24) is 0 Å². The molecule has 0 spiro atoms. The van der Waals surface area contributed by atoms with Crippen LogP contribution in [0.4, 0.5) is 4.79 Å². The van der Waals surface area contributed by atoms with E-state index in [1.165, 1.54) is 13.0 Å². The first-order valence-electron chi connectivity index (χ1n) is 25.4. The van der Waals surface area contributed by atoms with Gasteiger partial charge in [-0.2, -0.15) is 0 Å². The summed E-state index contributed by atoms with van der Waals surface area (Å²) in [4.78, 5) is 27.7. The zero-order chi connectivity index (χ0) is 52.7. The van der Waals surface area contributed by atoms with Crippen molar-refractivity contribution >= 4 is 23.9 Å². The smallest absolute Gasteiger partial charge is 0.463 e. The van der Waals surface area contributed by atoms with Gasteiger partial charge in [0.05, 0.1) is 39.1 Å². The monoisotopic (exact) mass is 1050 g/mol. The second kappa shape index (κ2) is 29.9. The maximum atomic E-state index is 14.0. The van der Waals surface area contributed by atoms with E-state index < -0.39 is 79.6 Å². The van der Waals surface area contributed by atoms with Crippen LogP contribution in [0, 0.1) is 0 Å². The molecular formula is C61H66O14S. The molecule has 2 fully saturated rings. The Kier molecular flexibility index (Phi) is 22.0. The summed E-state index contributed by atoms with van der Waals surface area (Å²) in [5, 5.41) is 0. The summed E-state index contributed by atoms with van der Waals surface area (Å²) in [6.07, 6.45) is -11.3. The molecule has 0 aliphatic carbocycles. The van der Waals surface area contributed by atoms with Gasteiger partial charge >= 0.3 is 12.1 Å². The van der Waals surface area contributed by atoms with E-state index in [2.05, 4.69) is 6.58 Å². The minimum absolute atomic E-state index is 0.00210. The van der Waals surface area contributed by atoms with E-state index in [-0.39, 0.29) is 46.2 Å². The number of hydrogen-bond donors (Lipinski definition) is 0. The van der Waals surface area contributed by atoms with Gasteiger partial charge in [-0.25, -0.2) is 4.79 Å². The normalized spacial score (nSPS) is 23.7. The number of thioether (sulfide) groups is 1. The second-order valence-electron chi connectivity index (χ2n) is 18.1. The summed E-state index contributed by atoms with van der Waals surface area (Å²) in [6, 6.07) is 58.5. The first-order valence-corrected chi connectivity index (χ1v) is 26.4. The van der Waals surface area contributed by atoms with Crippen molar-refractivity contribution in [2.45, 2.75) is 106 Å². The van der Waals surface area contributed by atoms with Crippen LogP contribution in [0.25, 0.3) is 0 Å². The van der Waals surface area contributed by atoms with Gasteiger partial charge in [0.2, 0.25) is 0 Å². The van der Waals surface area contributed by atoms with E-state index in [9.17, 15) is 9.59 Å². The Balaban J connectivity index is 1.24. The summed E-state index contributed by atoms with van der Waals surface area (Å²) in [7, 11) is 1.55. The molecule has 6 aromatic carbocycles. The van der Waals surface area contributed by atoms with E-state index in [4.69, 9.17) is 56.8 Å². The number of carbonyl (C=O) groups excluding carboxylic acids is 2. The van der Waals surface area contributed by atoms with Crippen LogP contribution in [0.3, 0.4) is 0 Å². The largest absolute Gasteiger partial charge is 0.509 e. The lowest BCUT2D eigenvalue weighted by Gasteiger charge is -2.50. The molecular weight excluding hydrogens is 989 g/mol. The highest BCUT2D eigenvalue weighted by atomic mass is 32.2. The molecule has 400 valence electrons. The van der Waals surface area contributed by atoms with Gasteiger partial charge < -0.3 is 56.8 Å². The van der Waals surface area contributed by atoms with Crippen molar-refractivity contribution in [3.8, 4) is 0 Å². The number of hydrogen-bond acceptors (Lipinski definition) is 15. The average molecular weight is 1060 g/mol. The lowest BCUT2D eigenvalue weighted by molar-refractivity contribution is -0.374. The van der Waals surface area contributed by atoms with E-state index in [1.54, 1.807) is 18.9 Å². The molecule has 0 radical (unpaired) electrons. The molecule has 14 nitrogen and oxygen atoms in total. The molecule has 2 aliphatic heterocycles. The van der Waals surface area contributed by atoms with E-state index in [1.807, 2.05) is 182 Å². The fourth-order valence-corrected chi connectivity index (χ4v) is 9.85. The van der Waals surface area contributed by atoms with Gasteiger partial charge in [-0.15, -0.1) is 11.8 Å². The molecule has 0 aromatic heterocycles. The lowest BCUT2D eigenvalue weighted by Crippen LogP contribution is -2.66. The summed E-state index contributed by atoms with van der Waals surface area (Å²) in [5.41, 5.74) is 4.40. The Morgan fingerprint density at radius 2 is 1.04 bits per heavy atom. The van der Waals surface area contributed by atoms with Crippen molar-refractivity contribution in [1.29, 1.82) is 0 Å². The third kappa shape index (κ3) is 16.6. The molecule has 2 heterocycles. The fourth-order valence-electron chi connectivity index (χ4n) is 8.89. The van der Waals surface area contributed by atoms with E-state index >= 15 is 0 Å². The number of ether oxygens (including phenoxy) is 12. The Labute approximate surface area is 449 Å². The van der Waals surface area contributed by atoms with E-state index in [0.717, 1.165) is 32.7 Å². The van der Waals surface area contributed by atoms with Crippen LogP contribution in [0.1, 0.15) is 40.8 Å². The van der Waals surface area contributed by atoms with Gasteiger partial charge in [0.1, 0.15) is 55.9 Å². The number of benzene rings is 6. The van der Waals surface area contributed by atoms with Gasteiger partial charge in [0, 0.05) is 24.7 Å². The maximum Gasteiger partial charge on any atom is 0.509 e. The summed E-state index contributed by atoms with van der Waals surface area (Å²) in [5.74, 6) is -0.158. The zero-order valence-electron chi connectivity index (χ0n) is 42.7. The third-order valence-corrected chi connectivity index (χ3v) is 13.7. The fraction of sp³-hybridized carbons (Fsp3) is 0.344. The SMILES string of the molecule is C=CCOC(=O)O[C@@H]1[C@@H](O[C@H](CSc2ccccc2)c2ccccc2)[C@@H](O[C@H]2[C@H](OCc3ccccc3)[C@@H](OCc3ccccc3)[C@@H](OC)O[C@@H]2COCc2ccccc2)O[C@H](COC(C)=O)[C@H]1OCc1ccccc1. The molecule has 0 unspecified atom stereocenters. The maximum absolute atomic E-state index is 14.0. The van der Waals surface area contributed by atoms with Crippen LogP contribution in [-0.4, -0.2) is 106 Å². The summed E-state index contributed by atoms with van der Waals surface area (Å²) in [6.45, 7) is 5.21. The third-order valence-electron chi connectivity index (χ3n) is 12.6. The average Bonchev–Trinajstić information content (AvgIpc) is 3.47. The quantitative estimate of drug-likeness (QED) is 0.0274. The number of methoxy groups -OCH3 is 1. The van der Waals surface area contributed by atoms with Crippen molar-refractivity contribution in [2.24, 2.45) is 0 Å². The predicted octanol–water partition coefficient (Wildman–Crippen LogP) is 10.6. The van der Waals surface area contributed by atoms with Gasteiger partial charge in [-0.05, 0) is 39.9 Å². The van der Waals surface area contributed by atoms with Crippen molar-refractivity contribution in [3.05, 3.63) is 222 Å². The zero-order valence-corrected chi connectivity index (χ0v) is 43.6. The standard InChI is InChI=1S/C61H66O14S/c1-4-35-66-61(63)75-56-53(68-37-45-25-13-6-14-26-45)51(41-67-43(2)62)73-60(58(56)71-52(48-31-19-9-20-32-48)42-76-49-33-21-10-22-34-49)74-54-50(40-65-36-44-23-11-5-12-24-44)72-59(64-3)57(70-39-47-29-17-8-18-30-47)55(54)69-38-46-27-15-7-16-28-46/h4-34,50-60H,1,35-42H2,2-3H3/t50-,51-,52-,53-,54-,55+,56+,57-,58-,59+,60-/m1/s1. The Hall–Kier alpha value is -6.21. The van der Waals surface area contributed by atoms with Crippen LogP contribution >= 0.6 is 11.8 Å². The van der Waals surface area contributed by atoms with Gasteiger partial charge in [0.15, 0.2) is 18.7 Å². The predicted molar refractivity (Wildman–Crippen MR) is 285 cm³/mol. The van der Waals surface area contributed by atoms with Crippen LogP contribution in [0.15, 0.2) is 200 Å². The number of carbonyl (C=O) groups is 2. The molecule has 2 aliphatic rings. The van der Waals surface area contributed by atoms with Crippen molar-refractivity contribution in [2.75, 3.05) is 32.7 Å². The second-order valence-corrected chi connectivity index (χ2v) is 19.2. The highest BCUT2D eigenvalue weighted by Gasteiger charge is 2.56. The minimum Gasteiger partial charge on any atom is -0.463 e. The molecule has 0 bridgehead atoms. The molecule has 2 saturated heterocycles. The molecule has 0 N–H and O–H groups in total. The van der Waals surface area contributed by atoms with Crippen LogP contribution in [-0.2, 0) is 88.1 Å². The molecule has 0 saturated carbocycles. The Bertz CT molecular complexity index is 2600.